The molecule has 2 bridgehead atoms. The highest BCUT2D eigenvalue weighted by molar-refractivity contribution is 5.89. The Labute approximate surface area is 94.3 Å². The van der Waals surface area contributed by atoms with Crippen LogP contribution in [0.5, 0.6) is 0 Å². The van der Waals surface area contributed by atoms with E-state index >= 15 is 0 Å². The molecule has 3 saturated carbocycles. The molecule has 0 aromatic heterocycles. The number of fused-ring (bicyclic) bond motifs is 1. The van der Waals surface area contributed by atoms with Gasteiger partial charge in [0.05, 0.1) is 11.8 Å². The number of nitrogens with two attached hydrogens (primary N) is 1. The van der Waals surface area contributed by atoms with Gasteiger partial charge >= 0.3 is 0 Å². The van der Waals surface area contributed by atoms with E-state index in [9.17, 15) is 9.59 Å². The summed E-state index contributed by atoms with van der Waals surface area (Å²) in [6, 6.07) is 0. The van der Waals surface area contributed by atoms with E-state index in [1.807, 2.05) is 6.92 Å². The number of carbonyl (C=O) groups excluding carboxylic acids is 2. The Hall–Kier alpha value is -1.10. The van der Waals surface area contributed by atoms with E-state index in [1.54, 1.807) is 5.48 Å². The molecule has 3 aliphatic rings. The fourth-order valence-corrected chi connectivity index (χ4v) is 3.88. The van der Waals surface area contributed by atoms with Crippen LogP contribution in [-0.2, 0) is 9.59 Å². The summed E-state index contributed by atoms with van der Waals surface area (Å²) in [4.78, 5) is 23.2. The number of primary amides is 1. The summed E-state index contributed by atoms with van der Waals surface area (Å²) in [5.74, 6) is -1.73. The van der Waals surface area contributed by atoms with E-state index in [-0.39, 0.29) is 16.7 Å². The maximum atomic E-state index is 11.7. The molecule has 3 fully saturated rings. The van der Waals surface area contributed by atoms with Crippen LogP contribution in [0, 0.1) is 28.6 Å². The standard InChI is InChI=1S/C11H18N2O3/c1-10(2)5-4-11(10,3)7(9(15)13-16)6(5)8(12)14/h5-7,16H,4H2,1-3H3,(H2,12,14)(H,13,15). The zero-order valence-corrected chi connectivity index (χ0v) is 9.78. The van der Waals surface area contributed by atoms with Crippen LogP contribution in [-0.4, -0.2) is 17.0 Å². The molecule has 4 N–H and O–H groups in total. The lowest BCUT2D eigenvalue weighted by atomic mass is 9.50. The van der Waals surface area contributed by atoms with Crippen molar-refractivity contribution in [2.75, 3.05) is 0 Å². The highest BCUT2D eigenvalue weighted by atomic mass is 16.5. The summed E-state index contributed by atoms with van der Waals surface area (Å²) < 4.78 is 0. The molecule has 0 saturated heterocycles. The van der Waals surface area contributed by atoms with Gasteiger partial charge in [-0.25, -0.2) is 5.48 Å². The first-order valence-electron chi connectivity index (χ1n) is 5.50. The second kappa shape index (κ2) is 2.97. The lowest BCUT2D eigenvalue weighted by Crippen LogP contribution is -2.50. The highest BCUT2D eigenvalue weighted by Crippen LogP contribution is 2.75. The Morgan fingerprint density at radius 1 is 1.38 bits per heavy atom. The summed E-state index contributed by atoms with van der Waals surface area (Å²) in [6.07, 6.45) is 0.825. The molecule has 5 heteroatoms. The van der Waals surface area contributed by atoms with Gasteiger partial charge in [0.25, 0.3) is 0 Å². The first-order chi connectivity index (χ1) is 7.27. The van der Waals surface area contributed by atoms with Gasteiger partial charge in [0.15, 0.2) is 0 Å². The summed E-state index contributed by atoms with van der Waals surface area (Å²) in [7, 11) is 0. The molecule has 2 amide bonds. The second-order valence-electron chi connectivity index (χ2n) is 5.83. The Morgan fingerprint density at radius 2 is 1.94 bits per heavy atom. The maximum Gasteiger partial charge on any atom is 0.247 e. The Bertz CT molecular complexity index is 366. The fourth-order valence-electron chi connectivity index (χ4n) is 3.88. The Kier molecular flexibility index (Phi) is 2.11. The minimum atomic E-state index is -0.505. The minimum absolute atomic E-state index is 0.0795. The van der Waals surface area contributed by atoms with Crippen LogP contribution in [0.2, 0.25) is 0 Å². The molecule has 0 aromatic rings. The smallest absolute Gasteiger partial charge is 0.247 e. The number of nitrogens with one attached hydrogen (secondary N) is 1. The van der Waals surface area contributed by atoms with Gasteiger partial charge in [-0.1, -0.05) is 20.8 Å². The van der Waals surface area contributed by atoms with E-state index in [0.717, 1.165) is 6.42 Å². The Balaban J connectivity index is 2.42. The van der Waals surface area contributed by atoms with Gasteiger partial charge in [0.2, 0.25) is 11.8 Å². The lowest BCUT2D eigenvalue weighted by molar-refractivity contribution is -0.143. The van der Waals surface area contributed by atoms with Crippen LogP contribution in [0.1, 0.15) is 27.2 Å². The van der Waals surface area contributed by atoms with Crippen molar-refractivity contribution in [1.82, 2.24) is 5.48 Å². The SMILES string of the molecule is CC1(C)C2CC1(C)C(C(=O)NO)C2C(N)=O. The fraction of sp³-hybridized carbons (Fsp3) is 0.818. The van der Waals surface area contributed by atoms with Crippen molar-refractivity contribution in [2.24, 2.45) is 34.3 Å². The molecule has 0 heterocycles. The summed E-state index contributed by atoms with van der Waals surface area (Å²) >= 11 is 0. The molecule has 0 spiro atoms. The van der Waals surface area contributed by atoms with E-state index in [2.05, 4.69) is 13.8 Å². The zero-order chi connectivity index (χ0) is 12.3. The van der Waals surface area contributed by atoms with Gasteiger partial charge in [-0.05, 0) is 23.2 Å². The molecular formula is C11H18N2O3. The van der Waals surface area contributed by atoms with Gasteiger partial charge in [0.1, 0.15) is 0 Å². The average molecular weight is 226 g/mol. The molecule has 0 radical (unpaired) electrons. The van der Waals surface area contributed by atoms with Crippen LogP contribution in [0.3, 0.4) is 0 Å². The van der Waals surface area contributed by atoms with Crippen molar-refractivity contribution in [2.45, 2.75) is 27.2 Å². The molecule has 4 atom stereocenters. The normalized spacial score (nSPS) is 43.6. The molecule has 0 aliphatic heterocycles. The van der Waals surface area contributed by atoms with Crippen molar-refractivity contribution in [3.63, 3.8) is 0 Å². The third-order valence-corrected chi connectivity index (χ3v) is 5.24. The number of carbonyl (C=O) groups is 2. The largest absolute Gasteiger partial charge is 0.369 e. The molecule has 0 aromatic carbocycles. The number of rotatable bonds is 2. The van der Waals surface area contributed by atoms with Gasteiger partial charge in [-0.3, -0.25) is 14.8 Å². The molecule has 3 rings (SSSR count). The number of hydroxylamine groups is 1. The van der Waals surface area contributed by atoms with Crippen LogP contribution in [0.4, 0.5) is 0 Å². The molecule has 5 nitrogen and oxygen atoms in total. The van der Waals surface area contributed by atoms with Crippen molar-refractivity contribution < 1.29 is 14.8 Å². The van der Waals surface area contributed by atoms with Gasteiger partial charge in [0, 0.05) is 0 Å². The van der Waals surface area contributed by atoms with Crippen molar-refractivity contribution in [1.29, 1.82) is 0 Å². The lowest BCUT2D eigenvalue weighted by Gasteiger charge is -2.54. The molecule has 4 unspecified atom stereocenters. The summed E-state index contributed by atoms with van der Waals surface area (Å²) in [6.45, 7) is 6.11. The third-order valence-electron chi connectivity index (χ3n) is 5.24. The van der Waals surface area contributed by atoms with E-state index in [0.29, 0.717) is 0 Å². The van der Waals surface area contributed by atoms with E-state index in [1.165, 1.54) is 0 Å². The van der Waals surface area contributed by atoms with Crippen LogP contribution >= 0.6 is 0 Å². The third kappa shape index (κ3) is 0.993. The number of hydrogen-bond donors (Lipinski definition) is 3. The predicted octanol–water partition coefficient (Wildman–Crippen LogP) is 0.276. The monoisotopic (exact) mass is 226 g/mol. The second-order valence-corrected chi connectivity index (χ2v) is 5.83. The zero-order valence-electron chi connectivity index (χ0n) is 9.78. The van der Waals surface area contributed by atoms with Crippen LogP contribution in [0.15, 0.2) is 0 Å². The molecule has 16 heavy (non-hydrogen) atoms. The van der Waals surface area contributed by atoms with Crippen LogP contribution < -0.4 is 11.2 Å². The predicted molar refractivity (Wildman–Crippen MR) is 56.1 cm³/mol. The summed E-state index contributed by atoms with van der Waals surface area (Å²) in [5, 5.41) is 8.76. The van der Waals surface area contributed by atoms with Crippen molar-refractivity contribution >= 4 is 11.8 Å². The number of hydrogen-bond acceptors (Lipinski definition) is 3. The van der Waals surface area contributed by atoms with Crippen molar-refractivity contribution in [3.8, 4) is 0 Å². The van der Waals surface area contributed by atoms with Gasteiger partial charge in [-0.2, -0.15) is 0 Å². The first-order valence-corrected chi connectivity index (χ1v) is 5.50. The quantitative estimate of drug-likeness (QED) is 0.466. The van der Waals surface area contributed by atoms with Gasteiger partial charge < -0.3 is 5.73 Å². The maximum absolute atomic E-state index is 11.7. The summed E-state index contributed by atoms with van der Waals surface area (Å²) in [5.41, 5.74) is 6.72. The van der Waals surface area contributed by atoms with Gasteiger partial charge in [-0.15, -0.1) is 0 Å². The first kappa shape index (κ1) is 11.4. The molecule has 3 aliphatic carbocycles. The molecule has 90 valence electrons. The van der Waals surface area contributed by atoms with E-state index < -0.39 is 23.7 Å². The molecular weight excluding hydrogens is 208 g/mol. The minimum Gasteiger partial charge on any atom is -0.369 e. The van der Waals surface area contributed by atoms with Crippen LogP contribution in [0.25, 0.3) is 0 Å². The topological polar surface area (TPSA) is 92.4 Å². The number of amides is 2. The van der Waals surface area contributed by atoms with Crippen molar-refractivity contribution in [3.05, 3.63) is 0 Å². The highest BCUT2D eigenvalue weighted by Gasteiger charge is 2.74. The Morgan fingerprint density at radius 3 is 2.31 bits per heavy atom. The average Bonchev–Trinajstić information content (AvgIpc) is 2.62. The van der Waals surface area contributed by atoms with E-state index in [4.69, 9.17) is 10.9 Å².